The maximum atomic E-state index is 9.26. The highest BCUT2D eigenvalue weighted by Crippen LogP contribution is 2.34. The van der Waals surface area contributed by atoms with E-state index in [2.05, 4.69) is 11.0 Å². The van der Waals surface area contributed by atoms with Gasteiger partial charge in [0.15, 0.2) is 0 Å². The van der Waals surface area contributed by atoms with Gasteiger partial charge in [-0.2, -0.15) is 5.26 Å². The van der Waals surface area contributed by atoms with E-state index in [0.29, 0.717) is 10.0 Å². The lowest BCUT2D eigenvalue weighted by atomic mass is 9.97. The van der Waals surface area contributed by atoms with Crippen molar-refractivity contribution in [3.8, 4) is 6.07 Å². The Morgan fingerprint density at radius 2 is 2.00 bits per heavy atom. The number of rotatable bonds is 3. The lowest BCUT2D eigenvalue weighted by molar-refractivity contribution is 0.209. The van der Waals surface area contributed by atoms with Crippen molar-refractivity contribution in [2.45, 2.75) is 24.1 Å². The zero-order valence-electron chi connectivity index (χ0n) is 10.8. The van der Waals surface area contributed by atoms with E-state index in [1.54, 1.807) is 11.8 Å². The number of thioether (sulfide) groups is 1. The molecule has 0 bridgehead atoms. The number of benzene rings is 1. The van der Waals surface area contributed by atoms with Gasteiger partial charge in [0.05, 0.1) is 16.1 Å². The third kappa shape index (κ3) is 3.58. The summed E-state index contributed by atoms with van der Waals surface area (Å²) in [5.41, 5.74) is 1.17. The number of halogens is 2. The van der Waals surface area contributed by atoms with E-state index in [1.165, 1.54) is 5.56 Å². The largest absolute Gasteiger partial charge is 0.299 e. The molecule has 0 N–H and O–H groups in total. The summed E-state index contributed by atoms with van der Waals surface area (Å²) >= 11 is 13.6. The van der Waals surface area contributed by atoms with Crippen molar-refractivity contribution in [1.82, 2.24) is 4.90 Å². The predicted molar refractivity (Wildman–Crippen MR) is 82.8 cm³/mol. The highest BCUT2D eigenvalue weighted by Gasteiger charge is 2.33. The van der Waals surface area contributed by atoms with Gasteiger partial charge in [-0.3, -0.25) is 4.90 Å². The van der Waals surface area contributed by atoms with Crippen molar-refractivity contribution in [3.63, 3.8) is 0 Å². The van der Waals surface area contributed by atoms with Gasteiger partial charge in [0.1, 0.15) is 4.75 Å². The molecule has 2 nitrogen and oxygen atoms in total. The zero-order valence-corrected chi connectivity index (χ0v) is 13.2. The van der Waals surface area contributed by atoms with Gasteiger partial charge in [-0.15, -0.1) is 11.8 Å². The van der Waals surface area contributed by atoms with Crippen molar-refractivity contribution in [2.24, 2.45) is 0 Å². The molecule has 1 aromatic carbocycles. The van der Waals surface area contributed by atoms with E-state index < -0.39 is 0 Å². The van der Waals surface area contributed by atoms with Crippen molar-refractivity contribution >= 4 is 35.0 Å². The number of hydrogen-bond donors (Lipinski definition) is 0. The fourth-order valence-electron chi connectivity index (χ4n) is 2.33. The first kappa shape index (κ1) is 15.0. The highest BCUT2D eigenvalue weighted by molar-refractivity contribution is 8.00. The molecule has 1 heterocycles. The Bertz CT molecular complexity index is 491. The molecule has 1 aromatic rings. The van der Waals surface area contributed by atoms with Crippen LogP contribution in [0.5, 0.6) is 0 Å². The minimum Gasteiger partial charge on any atom is -0.299 e. The van der Waals surface area contributed by atoms with Gasteiger partial charge >= 0.3 is 0 Å². The number of piperidine rings is 1. The quantitative estimate of drug-likeness (QED) is 0.836. The van der Waals surface area contributed by atoms with E-state index in [4.69, 9.17) is 23.2 Å². The molecule has 0 atom stereocenters. The molecule has 19 heavy (non-hydrogen) atoms. The van der Waals surface area contributed by atoms with Gasteiger partial charge in [0.2, 0.25) is 0 Å². The number of nitriles is 1. The summed E-state index contributed by atoms with van der Waals surface area (Å²) in [5, 5.41) is 10.5. The molecule has 0 aromatic heterocycles. The highest BCUT2D eigenvalue weighted by atomic mass is 35.5. The Hall–Kier alpha value is -0.400. The average Bonchev–Trinajstić information content (AvgIpc) is 2.44. The monoisotopic (exact) mass is 314 g/mol. The summed E-state index contributed by atoms with van der Waals surface area (Å²) in [5.74, 6) is 0. The molecule has 0 amide bonds. The first-order valence-corrected chi connectivity index (χ1v) is 8.19. The van der Waals surface area contributed by atoms with Crippen LogP contribution in [0.25, 0.3) is 0 Å². The van der Waals surface area contributed by atoms with Gasteiger partial charge in [0, 0.05) is 19.6 Å². The predicted octanol–water partition coefficient (Wildman–Crippen LogP) is 4.21. The molecule has 0 saturated carbocycles. The number of hydrogen-bond acceptors (Lipinski definition) is 3. The molecule has 0 unspecified atom stereocenters. The van der Waals surface area contributed by atoms with Crippen molar-refractivity contribution in [1.29, 1.82) is 5.26 Å². The Balaban J connectivity index is 1.96. The average molecular weight is 315 g/mol. The Morgan fingerprint density at radius 3 is 2.53 bits per heavy atom. The van der Waals surface area contributed by atoms with Crippen molar-refractivity contribution < 1.29 is 0 Å². The van der Waals surface area contributed by atoms with Gasteiger partial charge in [-0.05, 0) is 36.8 Å². The SMILES string of the molecule is CSC1(C#N)CCN(Cc2ccc(Cl)c(Cl)c2)CC1. The molecule has 1 saturated heterocycles. The van der Waals surface area contributed by atoms with E-state index >= 15 is 0 Å². The van der Waals surface area contributed by atoms with Gasteiger partial charge < -0.3 is 0 Å². The van der Waals surface area contributed by atoms with Crippen LogP contribution in [0.1, 0.15) is 18.4 Å². The van der Waals surface area contributed by atoms with E-state index in [1.807, 2.05) is 24.5 Å². The molecule has 1 fully saturated rings. The normalized spacial score (nSPS) is 19.1. The Morgan fingerprint density at radius 1 is 1.32 bits per heavy atom. The maximum Gasteiger partial charge on any atom is 0.104 e. The third-order valence-electron chi connectivity index (χ3n) is 3.65. The summed E-state index contributed by atoms with van der Waals surface area (Å²) < 4.78 is -0.186. The number of nitrogens with zero attached hydrogens (tertiary/aromatic N) is 2. The minimum atomic E-state index is -0.186. The minimum absolute atomic E-state index is 0.186. The Kier molecular flexibility index (Phi) is 5.03. The topological polar surface area (TPSA) is 27.0 Å². The molecular formula is C14H16Cl2N2S. The van der Waals surface area contributed by atoms with Gasteiger partial charge in [-0.25, -0.2) is 0 Å². The van der Waals surface area contributed by atoms with Crippen LogP contribution in [-0.4, -0.2) is 29.0 Å². The molecule has 102 valence electrons. The molecule has 2 rings (SSSR count). The van der Waals surface area contributed by atoms with Crippen LogP contribution in [0, 0.1) is 11.3 Å². The van der Waals surface area contributed by atoms with Crippen LogP contribution in [0.15, 0.2) is 18.2 Å². The van der Waals surface area contributed by atoms with Crippen LogP contribution in [-0.2, 0) is 6.54 Å². The third-order valence-corrected chi connectivity index (χ3v) is 5.67. The van der Waals surface area contributed by atoms with Crippen LogP contribution in [0.3, 0.4) is 0 Å². The first-order chi connectivity index (χ1) is 9.08. The van der Waals surface area contributed by atoms with E-state index in [-0.39, 0.29) is 4.75 Å². The lowest BCUT2D eigenvalue weighted by Crippen LogP contribution is -2.41. The first-order valence-electron chi connectivity index (χ1n) is 6.21. The van der Waals surface area contributed by atoms with Crippen LogP contribution in [0.4, 0.5) is 0 Å². The van der Waals surface area contributed by atoms with Crippen LogP contribution < -0.4 is 0 Å². The summed E-state index contributed by atoms with van der Waals surface area (Å²) in [6.45, 7) is 2.77. The van der Waals surface area contributed by atoms with Crippen LogP contribution in [0.2, 0.25) is 10.0 Å². The van der Waals surface area contributed by atoms with Gasteiger partial charge in [-0.1, -0.05) is 29.3 Å². The molecule has 0 spiro atoms. The maximum absolute atomic E-state index is 9.26. The second-order valence-electron chi connectivity index (χ2n) is 4.83. The Labute approximate surface area is 128 Å². The summed E-state index contributed by atoms with van der Waals surface area (Å²) in [6.07, 6.45) is 3.87. The van der Waals surface area contributed by atoms with Crippen molar-refractivity contribution in [3.05, 3.63) is 33.8 Å². The molecule has 5 heteroatoms. The molecule has 1 aliphatic heterocycles. The van der Waals surface area contributed by atoms with E-state index in [0.717, 1.165) is 32.5 Å². The fourth-order valence-corrected chi connectivity index (χ4v) is 3.33. The standard InChI is InChI=1S/C14H16Cl2N2S/c1-19-14(10-17)4-6-18(7-5-14)9-11-2-3-12(15)13(16)8-11/h2-3,8H,4-7,9H2,1H3. The second-order valence-corrected chi connectivity index (χ2v) is 6.84. The molecule has 0 radical (unpaired) electrons. The summed E-state index contributed by atoms with van der Waals surface area (Å²) in [7, 11) is 0. The second kappa shape index (κ2) is 6.37. The lowest BCUT2D eigenvalue weighted by Gasteiger charge is -2.36. The smallest absolute Gasteiger partial charge is 0.104 e. The van der Waals surface area contributed by atoms with Gasteiger partial charge in [0.25, 0.3) is 0 Å². The number of likely N-dealkylation sites (tertiary alicyclic amines) is 1. The summed E-state index contributed by atoms with van der Waals surface area (Å²) in [4.78, 5) is 2.37. The summed E-state index contributed by atoms with van der Waals surface area (Å²) in [6, 6.07) is 8.23. The fraction of sp³-hybridized carbons (Fsp3) is 0.500. The zero-order chi connectivity index (χ0) is 13.9. The molecule has 0 aliphatic carbocycles. The van der Waals surface area contributed by atoms with Crippen molar-refractivity contribution in [2.75, 3.05) is 19.3 Å². The van der Waals surface area contributed by atoms with Crippen LogP contribution >= 0.6 is 35.0 Å². The van der Waals surface area contributed by atoms with E-state index in [9.17, 15) is 5.26 Å². The molecular weight excluding hydrogens is 299 g/mol. The molecule has 1 aliphatic rings.